The van der Waals surface area contributed by atoms with Gasteiger partial charge in [-0.15, -0.1) is 0 Å². The molecule has 1 saturated heterocycles. The van der Waals surface area contributed by atoms with Gasteiger partial charge in [0.1, 0.15) is 5.82 Å². The second-order valence-electron chi connectivity index (χ2n) is 6.86. The van der Waals surface area contributed by atoms with E-state index in [1.807, 2.05) is 25.3 Å². The van der Waals surface area contributed by atoms with Gasteiger partial charge in [-0.1, -0.05) is 6.07 Å². The summed E-state index contributed by atoms with van der Waals surface area (Å²) in [4.78, 5) is 12.8. The Kier molecular flexibility index (Phi) is 4.56. The molecule has 0 saturated carbocycles. The minimum Gasteiger partial charge on any atom is -0.339 e. The van der Waals surface area contributed by atoms with Crippen LogP contribution in [0, 0.1) is 6.92 Å². The van der Waals surface area contributed by atoms with Crippen molar-refractivity contribution < 1.29 is 8.42 Å². The van der Waals surface area contributed by atoms with Crippen LogP contribution < -0.4 is 0 Å². The smallest absolute Gasteiger partial charge is 0.262 e. The van der Waals surface area contributed by atoms with Crippen LogP contribution in [0.25, 0.3) is 0 Å². The van der Waals surface area contributed by atoms with E-state index in [9.17, 15) is 8.42 Å². The molecule has 1 fully saturated rings. The second kappa shape index (κ2) is 6.90. The molecular weight excluding hydrogens is 364 g/mol. The summed E-state index contributed by atoms with van der Waals surface area (Å²) >= 11 is 0. The normalized spacial score (nSPS) is 18.2. The topological polar surface area (TPSA) is 85.9 Å². The van der Waals surface area contributed by atoms with Crippen molar-refractivity contribution in [3.05, 3.63) is 60.3 Å². The van der Waals surface area contributed by atoms with Gasteiger partial charge in [0.05, 0.1) is 18.9 Å². The summed E-state index contributed by atoms with van der Waals surface area (Å²) in [5.74, 6) is 0.772. The van der Waals surface area contributed by atoms with Gasteiger partial charge in [0, 0.05) is 44.1 Å². The third kappa shape index (κ3) is 3.28. The maximum atomic E-state index is 13.1. The Hall–Kier alpha value is -2.52. The van der Waals surface area contributed by atoms with Crippen LogP contribution in [0.3, 0.4) is 0 Å². The number of pyridine rings is 1. The lowest BCUT2D eigenvalue weighted by molar-refractivity contribution is 0.373. The number of rotatable bonds is 5. The molecule has 4 heterocycles. The summed E-state index contributed by atoms with van der Waals surface area (Å²) in [5, 5.41) is 0.0824. The standard InChI is InChI=1S/C18H22N6O2S/c1-14-9-20-18(23(14)11-15-5-3-7-19-10-15)16-6-4-8-24(16)27(25,26)17-12-22(2)13-21-17/h3,5,7,9-10,12-13,16H,4,6,8,11H2,1-2H3. The average molecular weight is 386 g/mol. The fourth-order valence-electron chi connectivity index (χ4n) is 3.55. The van der Waals surface area contributed by atoms with Gasteiger partial charge in [-0.25, -0.2) is 18.4 Å². The van der Waals surface area contributed by atoms with E-state index < -0.39 is 10.0 Å². The van der Waals surface area contributed by atoms with Gasteiger partial charge in [-0.3, -0.25) is 4.98 Å². The van der Waals surface area contributed by atoms with E-state index in [1.54, 1.807) is 24.0 Å². The Morgan fingerprint density at radius 1 is 1.26 bits per heavy atom. The highest BCUT2D eigenvalue weighted by atomic mass is 32.2. The van der Waals surface area contributed by atoms with Crippen molar-refractivity contribution in [2.45, 2.75) is 37.4 Å². The molecule has 0 aromatic carbocycles. The summed E-state index contributed by atoms with van der Waals surface area (Å²) < 4.78 is 31.5. The van der Waals surface area contributed by atoms with Crippen LogP contribution in [0.1, 0.15) is 36.0 Å². The number of hydrogen-bond donors (Lipinski definition) is 0. The van der Waals surface area contributed by atoms with Crippen molar-refractivity contribution in [1.29, 1.82) is 0 Å². The Bertz CT molecular complexity index is 1040. The molecular formula is C18H22N6O2S. The predicted octanol–water partition coefficient (Wildman–Crippen LogP) is 1.89. The summed E-state index contributed by atoms with van der Waals surface area (Å²) in [6.07, 6.45) is 9.95. The minimum atomic E-state index is -3.66. The zero-order valence-electron chi connectivity index (χ0n) is 15.4. The monoisotopic (exact) mass is 386 g/mol. The molecule has 1 atom stereocenters. The van der Waals surface area contributed by atoms with Crippen LogP contribution in [-0.2, 0) is 23.6 Å². The molecule has 0 bridgehead atoms. The van der Waals surface area contributed by atoms with Gasteiger partial charge in [0.15, 0.2) is 5.03 Å². The first-order valence-electron chi connectivity index (χ1n) is 8.87. The molecule has 27 heavy (non-hydrogen) atoms. The van der Waals surface area contributed by atoms with E-state index in [-0.39, 0.29) is 11.1 Å². The highest BCUT2D eigenvalue weighted by Gasteiger charge is 2.39. The molecule has 1 unspecified atom stereocenters. The van der Waals surface area contributed by atoms with Crippen molar-refractivity contribution in [1.82, 2.24) is 28.4 Å². The molecule has 9 heteroatoms. The molecule has 4 rings (SSSR count). The fraction of sp³-hybridized carbons (Fsp3) is 0.389. The zero-order valence-corrected chi connectivity index (χ0v) is 16.2. The SMILES string of the molecule is Cc1cnc(C2CCCN2S(=O)(=O)c2cn(C)cn2)n1Cc1cccnc1. The zero-order chi connectivity index (χ0) is 19.0. The Morgan fingerprint density at radius 3 is 2.81 bits per heavy atom. The molecule has 3 aromatic rings. The second-order valence-corrected chi connectivity index (χ2v) is 8.69. The number of imidazole rings is 2. The lowest BCUT2D eigenvalue weighted by Crippen LogP contribution is -2.32. The molecule has 142 valence electrons. The van der Waals surface area contributed by atoms with Crippen LogP contribution in [0.5, 0.6) is 0 Å². The molecule has 0 aliphatic carbocycles. The molecule has 0 spiro atoms. The van der Waals surface area contributed by atoms with E-state index in [1.165, 1.54) is 16.8 Å². The van der Waals surface area contributed by atoms with Gasteiger partial charge >= 0.3 is 0 Å². The fourth-order valence-corrected chi connectivity index (χ4v) is 5.18. The first-order valence-corrected chi connectivity index (χ1v) is 10.3. The Morgan fingerprint density at radius 2 is 2.11 bits per heavy atom. The van der Waals surface area contributed by atoms with Crippen LogP contribution in [0.15, 0.2) is 48.3 Å². The van der Waals surface area contributed by atoms with Crippen molar-refractivity contribution in [2.75, 3.05) is 6.54 Å². The summed E-state index contributed by atoms with van der Waals surface area (Å²) in [6, 6.07) is 3.62. The Labute approximate surface area is 158 Å². The van der Waals surface area contributed by atoms with Crippen molar-refractivity contribution in [3.8, 4) is 0 Å². The first kappa shape index (κ1) is 17.9. The molecule has 0 amide bonds. The van der Waals surface area contributed by atoms with Gasteiger partial charge < -0.3 is 9.13 Å². The minimum absolute atomic E-state index is 0.0824. The van der Waals surface area contributed by atoms with Crippen molar-refractivity contribution in [3.63, 3.8) is 0 Å². The Balaban J connectivity index is 1.69. The van der Waals surface area contributed by atoms with E-state index in [0.29, 0.717) is 13.1 Å². The molecule has 3 aromatic heterocycles. The van der Waals surface area contributed by atoms with E-state index in [2.05, 4.69) is 19.5 Å². The number of aryl methyl sites for hydroxylation is 2. The van der Waals surface area contributed by atoms with Crippen LogP contribution >= 0.6 is 0 Å². The summed E-state index contributed by atoms with van der Waals surface area (Å²) in [5.41, 5.74) is 2.05. The lowest BCUT2D eigenvalue weighted by Gasteiger charge is -2.24. The highest BCUT2D eigenvalue weighted by molar-refractivity contribution is 7.89. The van der Waals surface area contributed by atoms with Gasteiger partial charge in [-0.05, 0) is 31.4 Å². The van der Waals surface area contributed by atoms with Crippen molar-refractivity contribution >= 4 is 10.0 Å². The van der Waals surface area contributed by atoms with Crippen molar-refractivity contribution in [2.24, 2.45) is 7.05 Å². The average Bonchev–Trinajstić information content (AvgIpc) is 3.37. The van der Waals surface area contributed by atoms with E-state index in [0.717, 1.165) is 29.9 Å². The van der Waals surface area contributed by atoms with Crippen LogP contribution in [0.2, 0.25) is 0 Å². The molecule has 0 N–H and O–H groups in total. The van der Waals surface area contributed by atoms with E-state index >= 15 is 0 Å². The number of sulfonamides is 1. The quantitative estimate of drug-likeness (QED) is 0.668. The third-order valence-electron chi connectivity index (χ3n) is 4.91. The maximum Gasteiger partial charge on any atom is 0.262 e. The lowest BCUT2D eigenvalue weighted by atomic mass is 10.2. The van der Waals surface area contributed by atoms with E-state index in [4.69, 9.17) is 0 Å². The number of aromatic nitrogens is 5. The van der Waals surface area contributed by atoms with Crippen LogP contribution in [0.4, 0.5) is 0 Å². The number of hydrogen-bond acceptors (Lipinski definition) is 5. The highest BCUT2D eigenvalue weighted by Crippen LogP contribution is 2.36. The van der Waals surface area contributed by atoms with Crippen LogP contribution in [-0.4, -0.2) is 43.4 Å². The largest absolute Gasteiger partial charge is 0.339 e. The first-order chi connectivity index (χ1) is 13.0. The molecule has 0 radical (unpaired) electrons. The summed E-state index contributed by atoms with van der Waals surface area (Å²) in [6.45, 7) is 3.07. The predicted molar refractivity (Wildman–Crippen MR) is 99.4 cm³/mol. The summed E-state index contributed by atoms with van der Waals surface area (Å²) in [7, 11) is -1.90. The van der Waals surface area contributed by atoms with Gasteiger partial charge in [-0.2, -0.15) is 4.31 Å². The maximum absolute atomic E-state index is 13.1. The van der Waals surface area contributed by atoms with Gasteiger partial charge in [0.25, 0.3) is 10.0 Å². The molecule has 1 aliphatic rings. The van der Waals surface area contributed by atoms with Gasteiger partial charge in [0.2, 0.25) is 0 Å². The molecule has 1 aliphatic heterocycles. The third-order valence-corrected chi connectivity index (χ3v) is 6.70. The molecule has 8 nitrogen and oxygen atoms in total. The number of nitrogens with zero attached hydrogens (tertiary/aromatic N) is 6.